The van der Waals surface area contributed by atoms with Crippen molar-refractivity contribution in [3.8, 4) is 0 Å². The maximum absolute atomic E-state index is 11.1. The van der Waals surface area contributed by atoms with Crippen LogP contribution in [0.3, 0.4) is 0 Å². The number of carbonyl (C=O) groups is 2. The molecule has 2 amide bonds. The highest BCUT2D eigenvalue weighted by molar-refractivity contribution is 5.76. The highest BCUT2D eigenvalue weighted by Gasteiger charge is 2.01. The summed E-state index contributed by atoms with van der Waals surface area (Å²) >= 11 is 0. The molecule has 0 aliphatic rings. The summed E-state index contributed by atoms with van der Waals surface area (Å²) in [5.74, 6) is -0.0907. The van der Waals surface area contributed by atoms with Gasteiger partial charge in [0.15, 0.2) is 0 Å². The largest absolute Gasteiger partial charge is 0.396 e. The van der Waals surface area contributed by atoms with E-state index in [-0.39, 0.29) is 25.0 Å². The predicted molar refractivity (Wildman–Crippen MR) is 67.9 cm³/mol. The van der Waals surface area contributed by atoms with Gasteiger partial charge in [-0.25, -0.2) is 0 Å². The number of aliphatic hydroxyl groups is 2. The van der Waals surface area contributed by atoms with E-state index in [0.29, 0.717) is 38.8 Å². The van der Waals surface area contributed by atoms with Crippen LogP contribution in [-0.4, -0.2) is 48.3 Å². The first-order chi connectivity index (χ1) is 8.70. The highest BCUT2D eigenvalue weighted by Crippen LogP contribution is 1.91. The van der Waals surface area contributed by atoms with Crippen LogP contribution in [0.5, 0.6) is 0 Å². The zero-order chi connectivity index (χ0) is 13.6. The van der Waals surface area contributed by atoms with Crippen LogP contribution in [0.25, 0.3) is 0 Å². The molecule has 6 heteroatoms. The predicted octanol–water partition coefficient (Wildman–Crippen LogP) is -0.456. The molecule has 18 heavy (non-hydrogen) atoms. The molecule has 0 fully saturated rings. The smallest absolute Gasteiger partial charge is 0.220 e. The molecule has 0 bridgehead atoms. The summed E-state index contributed by atoms with van der Waals surface area (Å²) in [7, 11) is 0. The first-order valence-corrected chi connectivity index (χ1v) is 6.45. The number of nitrogens with one attached hydrogen (secondary N) is 2. The van der Waals surface area contributed by atoms with Crippen LogP contribution < -0.4 is 10.6 Å². The average molecular weight is 260 g/mol. The molecule has 0 aromatic heterocycles. The quantitative estimate of drug-likeness (QED) is 0.378. The van der Waals surface area contributed by atoms with Gasteiger partial charge in [0.05, 0.1) is 0 Å². The molecule has 0 saturated heterocycles. The summed E-state index contributed by atoms with van der Waals surface area (Å²) in [5, 5.41) is 22.6. The van der Waals surface area contributed by atoms with Crippen LogP contribution in [0.1, 0.15) is 38.5 Å². The zero-order valence-corrected chi connectivity index (χ0v) is 10.8. The number of carbonyl (C=O) groups excluding carboxylic acids is 2. The molecule has 0 spiro atoms. The van der Waals surface area contributed by atoms with E-state index in [0.717, 1.165) is 12.8 Å². The minimum absolute atomic E-state index is 0.0350. The van der Waals surface area contributed by atoms with Gasteiger partial charge in [-0.05, 0) is 25.7 Å². The lowest BCUT2D eigenvalue weighted by atomic mass is 10.2. The Morgan fingerprint density at radius 1 is 0.722 bits per heavy atom. The van der Waals surface area contributed by atoms with Crippen molar-refractivity contribution in [2.45, 2.75) is 38.5 Å². The van der Waals surface area contributed by atoms with Crippen molar-refractivity contribution in [2.24, 2.45) is 0 Å². The number of unbranched alkanes of at least 4 members (excludes halogenated alkanes) is 1. The molecule has 0 saturated carbocycles. The fourth-order valence-corrected chi connectivity index (χ4v) is 1.36. The summed E-state index contributed by atoms with van der Waals surface area (Å²) in [6.07, 6.45) is 3.32. The first-order valence-electron chi connectivity index (χ1n) is 6.45. The molecule has 0 aromatic rings. The topological polar surface area (TPSA) is 98.7 Å². The highest BCUT2D eigenvalue weighted by atomic mass is 16.3. The van der Waals surface area contributed by atoms with Crippen LogP contribution in [0.4, 0.5) is 0 Å². The van der Waals surface area contributed by atoms with Crippen LogP contribution in [-0.2, 0) is 9.59 Å². The Bertz CT molecular complexity index is 210. The zero-order valence-electron chi connectivity index (χ0n) is 10.8. The van der Waals surface area contributed by atoms with Gasteiger partial charge >= 0.3 is 0 Å². The van der Waals surface area contributed by atoms with Gasteiger partial charge in [-0.15, -0.1) is 0 Å². The van der Waals surface area contributed by atoms with Gasteiger partial charge in [0.2, 0.25) is 11.8 Å². The third-order valence-electron chi connectivity index (χ3n) is 2.37. The summed E-state index contributed by atoms with van der Waals surface area (Å²) in [6, 6.07) is 0. The lowest BCUT2D eigenvalue weighted by Gasteiger charge is -2.06. The lowest BCUT2D eigenvalue weighted by Crippen LogP contribution is -2.27. The van der Waals surface area contributed by atoms with Crippen molar-refractivity contribution in [3.63, 3.8) is 0 Å². The monoisotopic (exact) mass is 260 g/mol. The standard InChI is InChI=1S/C12H24N2O4/c15-9-3-5-11(17)13-7-1-2-8-14-12(18)6-4-10-16/h15-16H,1-10H2,(H,13,17)(H,14,18). The molecule has 0 aliphatic heterocycles. The van der Waals surface area contributed by atoms with E-state index in [4.69, 9.17) is 10.2 Å². The normalized spacial score (nSPS) is 10.1. The molecule has 0 heterocycles. The Hall–Kier alpha value is -1.14. The number of aliphatic hydroxyl groups excluding tert-OH is 2. The maximum atomic E-state index is 11.1. The molecule has 106 valence electrons. The molecule has 0 unspecified atom stereocenters. The van der Waals surface area contributed by atoms with Crippen molar-refractivity contribution >= 4 is 11.8 Å². The van der Waals surface area contributed by atoms with Crippen molar-refractivity contribution in [1.82, 2.24) is 10.6 Å². The van der Waals surface area contributed by atoms with Gasteiger partial charge in [-0.3, -0.25) is 9.59 Å². The van der Waals surface area contributed by atoms with Crippen molar-refractivity contribution in [2.75, 3.05) is 26.3 Å². The molecule has 4 N–H and O–H groups in total. The van der Waals surface area contributed by atoms with E-state index in [1.165, 1.54) is 0 Å². The third-order valence-corrected chi connectivity index (χ3v) is 2.37. The first kappa shape index (κ1) is 16.9. The van der Waals surface area contributed by atoms with Crippen LogP contribution in [0, 0.1) is 0 Å². The number of amides is 2. The molecule has 0 aromatic carbocycles. The van der Waals surface area contributed by atoms with E-state index in [1.54, 1.807) is 0 Å². The average Bonchev–Trinajstić information content (AvgIpc) is 2.37. The molecule has 6 nitrogen and oxygen atoms in total. The minimum Gasteiger partial charge on any atom is -0.396 e. The van der Waals surface area contributed by atoms with Gasteiger partial charge in [0, 0.05) is 39.1 Å². The molecule has 0 radical (unpaired) electrons. The second-order valence-corrected chi connectivity index (χ2v) is 4.06. The third kappa shape index (κ3) is 11.3. The molecule has 0 rings (SSSR count). The number of hydrogen-bond donors (Lipinski definition) is 4. The summed E-state index contributed by atoms with van der Waals surface area (Å²) < 4.78 is 0. The summed E-state index contributed by atoms with van der Waals surface area (Å²) in [6.45, 7) is 1.26. The Labute approximate surface area is 108 Å². The van der Waals surface area contributed by atoms with Crippen molar-refractivity contribution in [1.29, 1.82) is 0 Å². The fraction of sp³-hybridized carbons (Fsp3) is 0.833. The second-order valence-electron chi connectivity index (χ2n) is 4.06. The number of hydrogen-bond acceptors (Lipinski definition) is 4. The van der Waals surface area contributed by atoms with Crippen molar-refractivity contribution in [3.05, 3.63) is 0 Å². The van der Waals surface area contributed by atoms with Gasteiger partial charge in [-0.2, -0.15) is 0 Å². The Balaban J connectivity index is 3.25. The molecule has 0 atom stereocenters. The summed E-state index contributed by atoms with van der Waals surface area (Å²) in [4.78, 5) is 22.3. The lowest BCUT2D eigenvalue weighted by molar-refractivity contribution is -0.122. The summed E-state index contributed by atoms with van der Waals surface area (Å²) in [5.41, 5.74) is 0. The second kappa shape index (κ2) is 12.3. The van der Waals surface area contributed by atoms with Gasteiger partial charge < -0.3 is 20.8 Å². The Morgan fingerprint density at radius 3 is 1.44 bits per heavy atom. The minimum atomic E-state index is -0.0453. The maximum Gasteiger partial charge on any atom is 0.220 e. The van der Waals surface area contributed by atoms with Crippen LogP contribution in [0.2, 0.25) is 0 Å². The molecule has 0 aliphatic carbocycles. The van der Waals surface area contributed by atoms with Crippen molar-refractivity contribution < 1.29 is 19.8 Å². The van der Waals surface area contributed by atoms with E-state index >= 15 is 0 Å². The van der Waals surface area contributed by atoms with Gasteiger partial charge in [0.1, 0.15) is 0 Å². The van der Waals surface area contributed by atoms with E-state index in [2.05, 4.69) is 10.6 Å². The van der Waals surface area contributed by atoms with Crippen LogP contribution in [0.15, 0.2) is 0 Å². The molecular formula is C12H24N2O4. The number of rotatable bonds is 11. The van der Waals surface area contributed by atoms with E-state index < -0.39 is 0 Å². The van der Waals surface area contributed by atoms with Gasteiger partial charge in [-0.1, -0.05) is 0 Å². The fourth-order valence-electron chi connectivity index (χ4n) is 1.36. The molecular weight excluding hydrogens is 236 g/mol. The van der Waals surface area contributed by atoms with E-state index in [1.807, 2.05) is 0 Å². The Kier molecular flexibility index (Phi) is 11.5. The van der Waals surface area contributed by atoms with Crippen LogP contribution >= 0.6 is 0 Å². The Morgan fingerprint density at radius 2 is 1.11 bits per heavy atom. The van der Waals surface area contributed by atoms with Gasteiger partial charge in [0.25, 0.3) is 0 Å². The van der Waals surface area contributed by atoms with E-state index in [9.17, 15) is 9.59 Å². The SMILES string of the molecule is O=C(CCCO)NCCCCNC(=O)CCCO.